The predicted octanol–water partition coefficient (Wildman–Crippen LogP) is 6.04. The number of esters is 1. The summed E-state index contributed by atoms with van der Waals surface area (Å²) in [5, 5.41) is 21.2. The van der Waals surface area contributed by atoms with Gasteiger partial charge in [0.25, 0.3) is 0 Å². The molecule has 3 atom stereocenters. The molecule has 6 rings (SSSR count). The SMILES string of the molecule is CC(=O)OC1c2nc(C(C)C)c3c(c2[C@@H](O)CC12CC2)C1(CCOCC1)O[C@@H]3c1ccc(C(F)(F)F)c(C#N)c1. The zero-order valence-corrected chi connectivity index (χ0v) is 22.6. The summed E-state index contributed by atoms with van der Waals surface area (Å²) >= 11 is 0. The molecule has 0 radical (unpaired) electrons. The van der Waals surface area contributed by atoms with Gasteiger partial charge < -0.3 is 19.3 Å². The molecular weight excluding hydrogens is 525 g/mol. The Labute approximate surface area is 230 Å². The van der Waals surface area contributed by atoms with Crippen LogP contribution in [0.1, 0.15) is 122 Å². The van der Waals surface area contributed by atoms with E-state index in [0.717, 1.165) is 24.5 Å². The average Bonchev–Trinajstić information content (AvgIpc) is 3.60. The fourth-order valence-electron chi connectivity index (χ4n) is 6.95. The fraction of sp³-hybridized carbons (Fsp3) is 0.567. The molecule has 212 valence electrons. The van der Waals surface area contributed by atoms with E-state index < -0.39 is 47.2 Å². The molecule has 2 fully saturated rings. The number of aliphatic hydroxyl groups excluding tert-OH is 1. The van der Waals surface area contributed by atoms with Gasteiger partial charge in [0.05, 0.1) is 34.6 Å². The van der Waals surface area contributed by atoms with E-state index in [1.807, 2.05) is 13.8 Å². The number of aliphatic hydroxyl groups is 1. The van der Waals surface area contributed by atoms with E-state index in [1.165, 1.54) is 19.1 Å². The first kappa shape index (κ1) is 27.2. The molecule has 40 heavy (non-hydrogen) atoms. The van der Waals surface area contributed by atoms with Crippen molar-refractivity contribution in [2.75, 3.05) is 13.2 Å². The maximum atomic E-state index is 13.6. The summed E-state index contributed by atoms with van der Waals surface area (Å²) in [5.74, 6) is -0.534. The quantitative estimate of drug-likeness (QED) is 0.460. The third kappa shape index (κ3) is 4.13. The Bertz CT molecular complexity index is 1420. The third-order valence-electron chi connectivity index (χ3n) is 8.93. The Morgan fingerprint density at radius 3 is 2.48 bits per heavy atom. The van der Waals surface area contributed by atoms with Gasteiger partial charge in [0.2, 0.25) is 0 Å². The number of carbonyl (C=O) groups excluding carboxylic acids is 1. The molecule has 4 aliphatic rings. The zero-order chi connectivity index (χ0) is 28.6. The molecule has 1 saturated heterocycles. The molecule has 10 heteroatoms. The second-order valence-electron chi connectivity index (χ2n) is 11.8. The van der Waals surface area contributed by atoms with Crippen LogP contribution in [-0.4, -0.2) is 29.3 Å². The van der Waals surface area contributed by atoms with Crippen molar-refractivity contribution < 1.29 is 37.3 Å². The molecule has 1 N–H and O–H groups in total. The van der Waals surface area contributed by atoms with Crippen molar-refractivity contribution in [3.05, 3.63) is 63.0 Å². The van der Waals surface area contributed by atoms with Crippen molar-refractivity contribution >= 4 is 5.97 Å². The van der Waals surface area contributed by atoms with E-state index in [9.17, 15) is 28.3 Å². The highest BCUT2D eigenvalue weighted by molar-refractivity contribution is 5.67. The van der Waals surface area contributed by atoms with Gasteiger partial charge in [-0.2, -0.15) is 18.4 Å². The van der Waals surface area contributed by atoms with Crippen molar-refractivity contribution in [2.45, 2.75) is 88.9 Å². The van der Waals surface area contributed by atoms with Gasteiger partial charge in [-0.25, -0.2) is 0 Å². The van der Waals surface area contributed by atoms with Crippen molar-refractivity contribution in [1.82, 2.24) is 4.98 Å². The summed E-state index contributed by atoms with van der Waals surface area (Å²) < 4.78 is 59.2. The smallest absolute Gasteiger partial charge is 0.417 e. The highest BCUT2D eigenvalue weighted by Crippen LogP contribution is 2.67. The minimum atomic E-state index is -4.67. The van der Waals surface area contributed by atoms with Gasteiger partial charge in [-0.05, 0) is 48.4 Å². The standard InChI is InChI=1S/C30H31F3N2O5/c1-15(2)24-22-23(21-20(37)13-28(6-7-28)27(25(21)35-24)39-16(3)36)29(8-10-38-11-9-29)40-26(22)17-4-5-19(30(31,32)33)18(12-17)14-34/h4-5,12,15,20,26-27,37H,6-11,13H2,1-3H3/t20-,26+,27?/m0/s1. The van der Waals surface area contributed by atoms with Crippen LogP contribution < -0.4 is 0 Å². The monoisotopic (exact) mass is 556 g/mol. The first-order valence-electron chi connectivity index (χ1n) is 13.7. The van der Waals surface area contributed by atoms with Crippen LogP contribution in [-0.2, 0) is 30.8 Å². The van der Waals surface area contributed by atoms with E-state index >= 15 is 0 Å². The number of rotatable bonds is 3. The number of nitriles is 1. The van der Waals surface area contributed by atoms with Gasteiger partial charge in [0.1, 0.15) is 12.2 Å². The van der Waals surface area contributed by atoms with Gasteiger partial charge in [-0.15, -0.1) is 0 Å². The lowest BCUT2D eigenvalue weighted by Crippen LogP contribution is -2.37. The summed E-state index contributed by atoms with van der Waals surface area (Å²) in [4.78, 5) is 17.3. The number of alkyl halides is 3. The Kier molecular flexibility index (Phi) is 6.29. The first-order valence-corrected chi connectivity index (χ1v) is 13.7. The zero-order valence-electron chi connectivity index (χ0n) is 22.6. The number of hydrogen-bond acceptors (Lipinski definition) is 7. The van der Waals surface area contributed by atoms with Crippen molar-refractivity contribution in [2.24, 2.45) is 5.41 Å². The van der Waals surface area contributed by atoms with Crippen LogP contribution in [0.2, 0.25) is 0 Å². The van der Waals surface area contributed by atoms with Crippen LogP contribution in [0.25, 0.3) is 0 Å². The highest BCUT2D eigenvalue weighted by atomic mass is 19.4. The van der Waals surface area contributed by atoms with Crippen LogP contribution in [0, 0.1) is 16.7 Å². The Morgan fingerprint density at radius 1 is 1.20 bits per heavy atom. The van der Waals surface area contributed by atoms with Gasteiger partial charge in [0.15, 0.2) is 0 Å². The number of aromatic nitrogens is 1. The Morgan fingerprint density at radius 2 is 1.90 bits per heavy atom. The summed E-state index contributed by atoms with van der Waals surface area (Å²) in [6.07, 6.45) is -3.92. The number of hydrogen-bond donors (Lipinski definition) is 1. The lowest BCUT2D eigenvalue weighted by atomic mass is 9.72. The maximum absolute atomic E-state index is 13.6. The topological polar surface area (TPSA) is 102 Å². The number of benzene rings is 1. The average molecular weight is 557 g/mol. The third-order valence-corrected chi connectivity index (χ3v) is 8.93. The van der Waals surface area contributed by atoms with Crippen molar-refractivity contribution in [3.8, 4) is 6.07 Å². The van der Waals surface area contributed by atoms with Crippen molar-refractivity contribution in [3.63, 3.8) is 0 Å². The summed E-state index contributed by atoms with van der Waals surface area (Å²) in [7, 11) is 0. The summed E-state index contributed by atoms with van der Waals surface area (Å²) in [6, 6.07) is 5.23. The maximum Gasteiger partial charge on any atom is 0.417 e. The van der Waals surface area contributed by atoms with Crippen LogP contribution in [0.4, 0.5) is 13.2 Å². The molecule has 1 saturated carbocycles. The van der Waals surface area contributed by atoms with E-state index in [4.69, 9.17) is 19.2 Å². The van der Waals surface area contributed by atoms with Gasteiger partial charge in [0, 0.05) is 55.2 Å². The molecule has 0 amide bonds. The molecule has 2 aromatic rings. The summed E-state index contributed by atoms with van der Waals surface area (Å²) in [5.41, 5.74) is 1.03. The van der Waals surface area contributed by atoms with Gasteiger partial charge in [-0.1, -0.05) is 19.9 Å². The second kappa shape index (κ2) is 9.26. The number of fused-ring (bicyclic) bond motifs is 4. The van der Waals surface area contributed by atoms with Crippen molar-refractivity contribution in [1.29, 1.82) is 5.26 Å². The molecular formula is C30H31F3N2O5. The molecule has 1 aromatic carbocycles. The minimum absolute atomic E-state index is 0.114. The van der Waals surface area contributed by atoms with E-state index in [-0.39, 0.29) is 11.3 Å². The molecule has 2 aliphatic carbocycles. The van der Waals surface area contributed by atoms with Gasteiger partial charge in [-0.3, -0.25) is 9.78 Å². The first-order chi connectivity index (χ1) is 18.9. The van der Waals surface area contributed by atoms with Crippen LogP contribution in [0.15, 0.2) is 18.2 Å². The normalized spacial score (nSPS) is 25.9. The van der Waals surface area contributed by atoms with E-state index in [2.05, 4.69) is 0 Å². The lowest BCUT2D eigenvalue weighted by Gasteiger charge is -2.40. The van der Waals surface area contributed by atoms with Crippen LogP contribution in [0.3, 0.4) is 0 Å². The molecule has 2 aliphatic heterocycles. The largest absolute Gasteiger partial charge is 0.455 e. The molecule has 1 aromatic heterocycles. The van der Waals surface area contributed by atoms with E-state index in [1.54, 1.807) is 6.07 Å². The van der Waals surface area contributed by atoms with Crippen LogP contribution >= 0.6 is 0 Å². The summed E-state index contributed by atoms with van der Waals surface area (Å²) in [6.45, 7) is 6.13. The fourth-order valence-corrected chi connectivity index (χ4v) is 6.95. The molecule has 1 unspecified atom stereocenters. The molecule has 0 bridgehead atoms. The molecule has 2 spiro atoms. The number of ether oxygens (including phenoxy) is 3. The Hall–Kier alpha value is -3.00. The predicted molar refractivity (Wildman–Crippen MR) is 135 cm³/mol. The molecule has 7 nitrogen and oxygen atoms in total. The van der Waals surface area contributed by atoms with E-state index in [0.29, 0.717) is 60.6 Å². The number of carbonyl (C=O) groups is 1. The van der Waals surface area contributed by atoms with Crippen LogP contribution in [0.5, 0.6) is 0 Å². The highest BCUT2D eigenvalue weighted by Gasteiger charge is 2.60. The minimum Gasteiger partial charge on any atom is -0.455 e. The number of pyridine rings is 1. The Balaban J connectivity index is 1.62. The molecule has 3 heterocycles. The lowest BCUT2D eigenvalue weighted by molar-refractivity contribution is -0.153. The number of nitrogens with zero attached hydrogens (tertiary/aromatic N) is 2. The second-order valence-corrected chi connectivity index (χ2v) is 11.8. The van der Waals surface area contributed by atoms with Gasteiger partial charge >= 0.3 is 12.1 Å². The number of halogens is 3.